The van der Waals surface area contributed by atoms with Crippen LogP contribution >= 0.6 is 11.8 Å². The van der Waals surface area contributed by atoms with Gasteiger partial charge in [-0.3, -0.25) is 4.90 Å². The fourth-order valence-electron chi connectivity index (χ4n) is 2.73. The average Bonchev–Trinajstić information content (AvgIpc) is 2.55. The summed E-state index contributed by atoms with van der Waals surface area (Å²) in [6, 6.07) is 12.0. The Morgan fingerprint density at radius 2 is 1.50 bits per heavy atom. The molecule has 1 saturated heterocycles. The van der Waals surface area contributed by atoms with Gasteiger partial charge in [0, 0.05) is 0 Å². The molecule has 1 aliphatic heterocycles. The first kappa shape index (κ1) is 18.4. The predicted octanol–water partition coefficient (Wildman–Crippen LogP) is 5.45. The minimum atomic E-state index is -4.70. The molecular weight excluding hydrogens is 361 g/mol. The number of carbonyl (C=O) groups is 1. The number of rotatable bonds is 2. The number of alkyl halides is 3. The number of thioether (sulfide) groups is 1. The van der Waals surface area contributed by atoms with E-state index in [9.17, 15) is 18.0 Å². The lowest BCUT2D eigenvalue weighted by Crippen LogP contribution is -2.60. The number of urea groups is 1. The summed E-state index contributed by atoms with van der Waals surface area (Å²) in [5.41, 5.74) is 2.23. The molecule has 0 radical (unpaired) electrons. The van der Waals surface area contributed by atoms with Gasteiger partial charge in [0.1, 0.15) is 0 Å². The average molecular weight is 378 g/mol. The summed E-state index contributed by atoms with van der Waals surface area (Å²) in [7, 11) is 0. The van der Waals surface area contributed by atoms with Gasteiger partial charge in [0.2, 0.25) is 4.87 Å². The molecular formula is C19H17F3N2OS. The fourth-order valence-corrected chi connectivity index (χ4v) is 3.88. The Hall–Kier alpha value is -2.41. The smallest absolute Gasteiger partial charge is 0.311 e. The maximum absolute atomic E-state index is 14.0. The van der Waals surface area contributed by atoms with Crippen molar-refractivity contribution in [3.8, 4) is 0 Å². The number of amides is 2. The summed E-state index contributed by atoms with van der Waals surface area (Å²) in [6.07, 6.45) is -4.70. The Labute approximate surface area is 153 Å². The van der Waals surface area contributed by atoms with E-state index in [0.29, 0.717) is 17.4 Å². The first-order chi connectivity index (χ1) is 12.1. The summed E-state index contributed by atoms with van der Waals surface area (Å²) in [4.78, 5) is 11.2. The molecule has 0 bridgehead atoms. The van der Waals surface area contributed by atoms with Crippen LogP contribution in [0.5, 0.6) is 0 Å². The van der Waals surface area contributed by atoms with Crippen LogP contribution in [0.3, 0.4) is 0 Å². The number of hydrogen-bond donors (Lipinski definition) is 1. The van der Waals surface area contributed by atoms with E-state index in [-0.39, 0.29) is 10.6 Å². The van der Waals surface area contributed by atoms with Crippen molar-refractivity contribution in [1.29, 1.82) is 0 Å². The molecule has 1 N–H and O–H groups in total. The highest BCUT2D eigenvalue weighted by molar-refractivity contribution is 8.04. The largest absolute Gasteiger partial charge is 0.425 e. The Morgan fingerprint density at radius 3 is 1.96 bits per heavy atom. The van der Waals surface area contributed by atoms with Gasteiger partial charge in [0.05, 0.1) is 10.7 Å². The van der Waals surface area contributed by atoms with Crippen LogP contribution in [0.15, 0.2) is 60.1 Å². The van der Waals surface area contributed by atoms with E-state index in [2.05, 4.69) is 11.9 Å². The number of carbonyl (C=O) groups excluding carboxylic acids is 1. The zero-order chi connectivity index (χ0) is 19.1. The van der Waals surface area contributed by atoms with E-state index in [1.807, 2.05) is 6.92 Å². The van der Waals surface area contributed by atoms with E-state index in [1.165, 1.54) is 12.1 Å². The normalized spacial score (nSPS) is 20.9. The van der Waals surface area contributed by atoms with Crippen molar-refractivity contribution in [3.63, 3.8) is 0 Å². The monoisotopic (exact) mass is 378 g/mol. The molecule has 1 aliphatic rings. The minimum Gasteiger partial charge on any atom is -0.311 e. The third-order valence-corrected chi connectivity index (χ3v) is 5.45. The number of anilines is 1. The Balaban J connectivity index is 2.03. The third-order valence-electron chi connectivity index (χ3n) is 4.16. The van der Waals surface area contributed by atoms with Crippen molar-refractivity contribution in [1.82, 2.24) is 5.32 Å². The molecule has 26 heavy (non-hydrogen) atoms. The SMILES string of the molecule is C=C1S[C@@](c2ccc(C)cc2)(C(F)(F)F)NC(=O)N1c1ccc(C)cc1. The molecule has 136 valence electrons. The molecule has 0 unspecified atom stereocenters. The van der Waals surface area contributed by atoms with E-state index >= 15 is 0 Å². The third kappa shape index (κ3) is 3.07. The molecule has 1 fully saturated rings. The lowest BCUT2D eigenvalue weighted by molar-refractivity contribution is -0.167. The van der Waals surface area contributed by atoms with Gasteiger partial charge in [-0.2, -0.15) is 13.2 Å². The van der Waals surface area contributed by atoms with Gasteiger partial charge in [0.25, 0.3) is 0 Å². The van der Waals surface area contributed by atoms with Gasteiger partial charge >= 0.3 is 12.2 Å². The van der Waals surface area contributed by atoms with E-state index in [0.717, 1.165) is 16.0 Å². The van der Waals surface area contributed by atoms with E-state index in [1.54, 1.807) is 43.3 Å². The second-order valence-electron chi connectivity index (χ2n) is 6.14. The zero-order valence-electron chi connectivity index (χ0n) is 14.2. The van der Waals surface area contributed by atoms with Crippen LogP contribution in [0.4, 0.5) is 23.7 Å². The Bertz CT molecular complexity index is 827. The molecule has 1 atom stereocenters. The summed E-state index contributed by atoms with van der Waals surface area (Å²) in [5.74, 6) is 0. The Kier molecular flexibility index (Phi) is 4.52. The molecule has 2 amide bonds. The van der Waals surface area contributed by atoms with Crippen LogP contribution in [0.25, 0.3) is 0 Å². The molecule has 0 aromatic heterocycles. The quantitative estimate of drug-likeness (QED) is 0.753. The standard InChI is InChI=1S/C19H17F3N2OS/c1-12-4-8-15(9-5-12)18(19(20,21)22)23-17(25)24(14(3)26-18)16-10-6-13(2)7-11-16/h4-11H,3H2,1-2H3,(H,23,25)/t18-/m0/s1. The predicted molar refractivity (Wildman–Crippen MR) is 97.8 cm³/mol. The Morgan fingerprint density at radius 1 is 1.00 bits per heavy atom. The molecule has 0 spiro atoms. The van der Waals surface area contributed by atoms with Gasteiger partial charge in [0.15, 0.2) is 0 Å². The zero-order valence-corrected chi connectivity index (χ0v) is 15.0. The number of aryl methyl sites for hydroxylation is 2. The molecule has 1 heterocycles. The van der Waals surface area contributed by atoms with E-state index < -0.39 is 17.1 Å². The highest BCUT2D eigenvalue weighted by Crippen LogP contribution is 2.53. The maximum Gasteiger partial charge on any atom is 0.425 e. The first-order valence-electron chi connectivity index (χ1n) is 7.85. The minimum absolute atomic E-state index is 0.00973. The van der Waals surface area contributed by atoms with Crippen molar-refractivity contribution >= 4 is 23.5 Å². The highest BCUT2D eigenvalue weighted by Gasteiger charge is 2.61. The first-order valence-corrected chi connectivity index (χ1v) is 8.66. The van der Waals surface area contributed by atoms with Crippen molar-refractivity contribution in [2.75, 3.05) is 4.90 Å². The van der Waals surface area contributed by atoms with E-state index in [4.69, 9.17) is 0 Å². The number of nitrogens with one attached hydrogen (secondary N) is 1. The van der Waals surface area contributed by atoms with Crippen molar-refractivity contribution in [3.05, 3.63) is 76.8 Å². The van der Waals surface area contributed by atoms with Gasteiger partial charge in [-0.15, -0.1) is 0 Å². The van der Waals surface area contributed by atoms with Crippen LogP contribution in [-0.2, 0) is 4.87 Å². The summed E-state index contributed by atoms with van der Waals surface area (Å²) < 4.78 is 42.0. The van der Waals surface area contributed by atoms with Crippen LogP contribution in [0.1, 0.15) is 16.7 Å². The van der Waals surface area contributed by atoms with Crippen LogP contribution in [-0.4, -0.2) is 12.2 Å². The second kappa shape index (κ2) is 6.39. The molecule has 2 aromatic rings. The number of benzene rings is 2. The molecule has 7 heteroatoms. The van der Waals surface area contributed by atoms with Gasteiger partial charge < -0.3 is 5.32 Å². The lowest BCUT2D eigenvalue weighted by atomic mass is 10.0. The fraction of sp³-hybridized carbons (Fsp3) is 0.211. The topological polar surface area (TPSA) is 32.3 Å². The molecule has 3 rings (SSSR count). The van der Waals surface area contributed by atoms with Gasteiger partial charge in [-0.05, 0) is 31.5 Å². The van der Waals surface area contributed by atoms with Crippen molar-refractivity contribution < 1.29 is 18.0 Å². The molecule has 2 aromatic carbocycles. The van der Waals surface area contributed by atoms with Gasteiger partial charge in [-0.25, -0.2) is 4.79 Å². The van der Waals surface area contributed by atoms with Crippen molar-refractivity contribution in [2.24, 2.45) is 0 Å². The van der Waals surface area contributed by atoms with Crippen LogP contribution in [0, 0.1) is 13.8 Å². The second-order valence-corrected chi connectivity index (χ2v) is 7.43. The van der Waals surface area contributed by atoms with Crippen LogP contribution in [0.2, 0.25) is 0 Å². The molecule has 0 aliphatic carbocycles. The highest BCUT2D eigenvalue weighted by atomic mass is 32.2. The lowest BCUT2D eigenvalue weighted by Gasteiger charge is -2.43. The number of nitrogens with zero attached hydrogens (tertiary/aromatic N) is 1. The summed E-state index contributed by atoms with van der Waals surface area (Å²) in [5, 5.41) is 2.17. The molecule has 3 nitrogen and oxygen atoms in total. The maximum atomic E-state index is 14.0. The van der Waals surface area contributed by atoms with Crippen molar-refractivity contribution in [2.45, 2.75) is 24.9 Å². The summed E-state index contributed by atoms with van der Waals surface area (Å²) in [6.45, 7) is 7.40. The summed E-state index contributed by atoms with van der Waals surface area (Å²) >= 11 is 0.485. The number of hydrogen-bond acceptors (Lipinski definition) is 2. The van der Waals surface area contributed by atoms with Gasteiger partial charge in [-0.1, -0.05) is 65.9 Å². The number of halogens is 3. The van der Waals surface area contributed by atoms with Crippen LogP contribution < -0.4 is 10.2 Å². The molecule has 0 saturated carbocycles.